The number of hydrogen-bond donors (Lipinski definition) is 0. The first-order chi connectivity index (χ1) is 9.49. The summed E-state index contributed by atoms with van der Waals surface area (Å²) >= 11 is 0. The van der Waals surface area contributed by atoms with Crippen molar-refractivity contribution >= 4 is 5.78 Å². The topological polar surface area (TPSA) is 29.5 Å². The molecule has 1 aliphatic heterocycles. The molecule has 0 aromatic heterocycles. The molecule has 1 rings (SSSR count). The fraction of sp³-hybridized carbons (Fsp3) is 0.941. The molecule has 1 saturated heterocycles. The summed E-state index contributed by atoms with van der Waals surface area (Å²) < 4.78 is 5.58. The summed E-state index contributed by atoms with van der Waals surface area (Å²) in [6.07, 6.45) is 5.88. The molecule has 118 valence electrons. The van der Waals surface area contributed by atoms with Gasteiger partial charge in [-0.05, 0) is 58.5 Å². The summed E-state index contributed by atoms with van der Waals surface area (Å²) in [6.45, 7) is 12.6. The molecule has 3 heteroatoms. The third-order valence-electron chi connectivity index (χ3n) is 4.22. The normalized spacial score (nSPS) is 18.1. The van der Waals surface area contributed by atoms with E-state index in [1.807, 2.05) is 13.8 Å². The largest absolute Gasteiger partial charge is 0.379 e. The lowest BCUT2D eigenvalue weighted by Crippen LogP contribution is -2.35. The molecule has 0 spiro atoms. The highest BCUT2D eigenvalue weighted by molar-refractivity contribution is 5.80. The molecule has 0 aromatic rings. The van der Waals surface area contributed by atoms with Gasteiger partial charge in [-0.3, -0.25) is 4.79 Å². The highest BCUT2D eigenvalue weighted by Crippen LogP contribution is 2.22. The molecule has 1 aliphatic rings. The van der Waals surface area contributed by atoms with Crippen LogP contribution in [0.5, 0.6) is 0 Å². The lowest BCUT2D eigenvalue weighted by molar-refractivity contribution is -0.122. The fourth-order valence-electron chi connectivity index (χ4n) is 2.74. The van der Waals surface area contributed by atoms with Crippen molar-refractivity contribution in [3.63, 3.8) is 0 Å². The van der Waals surface area contributed by atoms with Gasteiger partial charge in [0.2, 0.25) is 0 Å². The smallest absolute Gasteiger partial charge is 0.135 e. The summed E-state index contributed by atoms with van der Waals surface area (Å²) in [5.74, 6) is 1.40. The van der Waals surface area contributed by atoms with E-state index in [2.05, 4.69) is 18.7 Å². The summed E-state index contributed by atoms with van der Waals surface area (Å²) in [7, 11) is 0. The van der Waals surface area contributed by atoms with Crippen molar-refractivity contribution in [3.8, 4) is 0 Å². The molecule has 0 radical (unpaired) electrons. The minimum absolute atomic E-state index is 0.205. The van der Waals surface area contributed by atoms with Crippen molar-refractivity contribution in [1.29, 1.82) is 0 Å². The van der Waals surface area contributed by atoms with Gasteiger partial charge in [-0.2, -0.15) is 0 Å². The van der Waals surface area contributed by atoms with Crippen molar-refractivity contribution in [3.05, 3.63) is 0 Å². The quantitative estimate of drug-likeness (QED) is 0.606. The maximum atomic E-state index is 11.7. The van der Waals surface area contributed by atoms with E-state index in [0.717, 1.165) is 38.3 Å². The van der Waals surface area contributed by atoms with Crippen molar-refractivity contribution < 1.29 is 9.53 Å². The number of ether oxygens (including phenoxy) is 1. The predicted octanol–water partition coefficient (Wildman–Crippen LogP) is 3.52. The van der Waals surface area contributed by atoms with Crippen molar-refractivity contribution in [2.24, 2.45) is 11.8 Å². The number of rotatable bonds is 9. The Balaban J connectivity index is 2.06. The summed E-state index contributed by atoms with van der Waals surface area (Å²) in [5, 5.41) is 0. The lowest BCUT2D eigenvalue weighted by atomic mass is 9.90. The molecule has 0 aliphatic carbocycles. The van der Waals surface area contributed by atoms with E-state index in [1.165, 1.54) is 25.9 Å². The van der Waals surface area contributed by atoms with Crippen LogP contribution >= 0.6 is 0 Å². The first kappa shape index (κ1) is 17.6. The molecule has 0 amide bonds. The second kappa shape index (κ2) is 9.51. The second-order valence-corrected chi connectivity index (χ2v) is 6.72. The Kier molecular flexibility index (Phi) is 8.39. The number of carbonyl (C=O) groups excluding carboxylic acids is 1. The van der Waals surface area contributed by atoms with E-state index >= 15 is 0 Å². The van der Waals surface area contributed by atoms with Crippen molar-refractivity contribution in [1.82, 2.24) is 4.90 Å². The average molecular weight is 283 g/mol. The van der Waals surface area contributed by atoms with Gasteiger partial charge in [0, 0.05) is 25.5 Å². The molecule has 1 heterocycles. The van der Waals surface area contributed by atoms with E-state index < -0.39 is 0 Å². The minimum atomic E-state index is 0.205. The summed E-state index contributed by atoms with van der Waals surface area (Å²) in [6, 6.07) is 0. The molecule has 0 aromatic carbocycles. The van der Waals surface area contributed by atoms with Gasteiger partial charge in [0.15, 0.2) is 0 Å². The van der Waals surface area contributed by atoms with Crippen LogP contribution in [0.25, 0.3) is 0 Å². The molecular weight excluding hydrogens is 250 g/mol. The Morgan fingerprint density at radius 3 is 2.40 bits per heavy atom. The van der Waals surface area contributed by atoms with E-state index in [1.54, 1.807) is 0 Å². The van der Waals surface area contributed by atoms with Crippen LogP contribution in [0.2, 0.25) is 0 Å². The van der Waals surface area contributed by atoms with Crippen LogP contribution in [0, 0.1) is 11.8 Å². The van der Waals surface area contributed by atoms with Crippen LogP contribution in [-0.4, -0.2) is 43.0 Å². The van der Waals surface area contributed by atoms with Crippen LogP contribution in [0.1, 0.15) is 59.8 Å². The Morgan fingerprint density at radius 1 is 1.20 bits per heavy atom. The first-order valence-electron chi connectivity index (χ1n) is 8.35. The third-order valence-corrected chi connectivity index (χ3v) is 4.22. The molecule has 0 atom stereocenters. The molecule has 0 unspecified atom stereocenters. The lowest BCUT2D eigenvalue weighted by Gasteiger charge is -2.32. The molecule has 20 heavy (non-hydrogen) atoms. The van der Waals surface area contributed by atoms with Gasteiger partial charge in [-0.1, -0.05) is 13.8 Å². The van der Waals surface area contributed by atoms with Crippen LogP contribution in [0.4, 0.5) is 0 Å². The average Bonchev–Trinajstić information content (AvgIpc) is 2.42. The highest BCUT2D eigenvalue weighted by atomic mass is 16.5. The molecule has 1 fully saturated rings. The monoisotopic (exact) mass is 283 g/mol. The van der Waals surface area contributed by atoms with Gasteiger partial charge >= 0.3 is 0 Å². The van der Waals surface area contributed by atoms with Gasteiger partial charge in [0.25, 0.3) is 0 Å². The van der Waals surface area contributed by atoms with Gasteiger partial charge in [0.1, 0.15) is 5.78 Å². The zero-order chi connectivity index (χ0) is 15.0. The number of likely N-dealkylation sites (tertiary alicyclic amines) is 1. The molecule has 0 N–H and O–H groups in total. The SMILES string of the molecule is CC(C)OCCCN1CCC(CCC(=O)C(C)C)CC1. The summed E-state index contributed by atoms with van der Waals surface area (Å²) in [4.78, 5) is 14.2. The number of nitrogens with zero attached hydrogens (tertiary/aromatic N) is 1. The van der Waals surface area contributed by atoms with Crippen LogP contribution < -0.4 is 0 Å². The van der Waals surface area contributed by atoms with Crippen LogP contribution in [-0.2, 0) is 9.53 Å². The molecule has 0 saturated carbocycles. The fourth-order valence-corrected chi connectivity index (χ4v) is 2.74. The van der Waals surface area contributed by atoms with Gasteiger partial charge < -0.3 is 9.64 Å². The van der Waals surface area contributed by atoms with Crippen LogP contribution in [0.15, 0.2) is 0 Å². The highest BCUT2D eigenvalue weighted by Gasteiger charge is 2.20. The van der Waals surface area contributed by atoms with E-state index in [4.69, 9.17) is 4.74 Å². The molecule has 0 bridgehead atoms. The van der Waals surface area contributed by atoms with Gasteiger partial charge in [-0.25, -0.2) is 0 Å². The third kappa shape index (κ3) is 7.39. The first-order valence-corrected chi connectivity index (χ1v) is 8.35. The molecular formula is C17H33NO2. The second-order valence-electron chi connectivity index (χ2n) is 6.72. The predicted molar refractivity (Wildman–Crippen MR) is 83.9 cm³/mol. The number of carbonyl (C=O) groups is 1. The minimum Gasteiger partial charge on any atom is -0.379 e. The number of hydrogen-bond acceptors (Lipinski definition) is 3. The van der Waals surface area contributed by atoms with Crippen LogP contribution in [0.3, 0.4) is 0 Å². The molecule has 3 nitrogen and oxygen atoms in total. The van der Waals surface area contributed by atoms with Crippen molar-refractivity contribution in [2.75, 3.05) is 26.2 Å². The van der Waals surface area contributed by atoms with E-state index in [-0.39, 0.29) is 5.92 Å². The van der Waals surface area contributed by atoms with E-state index in [9.17, 15) is 4.79 Å². The zero-order valence-electron chi connectivity index (χ0n) is 13.9. The maximum absolute atomic E-state index is 11.7. The Labute approximate surface area is 125 Å². The van der Waals surface area contributed by atoms with Crippen molar-refractivity contribution in [2.45, 2.75) is 65.9 Å². The Morgan fingerprint density at radius 2 is 1.85 bits per heavy atom. The number of ketones is 1. The number of Topliss-reactive ketones (excluding diaryl/α,β-unsaturated/α-hetero) is 1. The maximum Gasteiger partial charge on any atom is 0.135 e. The van der Waals surface area contributed by atoms with Gasteiger partial charge in [0.05, 0.1) is 6.10 Å². The standard InChI is InChI=1S/C17H33NO2/c1-14(2)17(19)7-6-16-8-11-18(12-9-16)10-5-13-20-15(3)4/h14-16H,5-13H2,1-4H3. The Hall–Kier alpha value is -0.410. The zero-order valence-corrected chi connectivity index (χ0v) is 13.9. The van der Waals surface area contributed by atoms with Gasteiger partial charge in [-0.15, -0.1) is 0 Å². The Bertz CT molecular complexity index is 268. The number of piperidine rings is 1. The van der Waals surface area contributed by atoms with E-state index in [0.29, 0.717) is 11.9 Å². The summed E-state index contributed by atoms with van der Waals surface area (Å²) in [5.41, 5.74) is 0.